The van der Waals surface area contributed by atoms with Gasteiger partial charge in [0.05, 0.1) is 30.3 Å². The van der Waals surface area contributed by atoms with Crippen molar-refractivity contribution in [1.29, 1.82) is 5.26 Å². The second-order valence-corrected chi connectivity index (χ2v) is 5.76. The molecule has 2 amide bonds. The Hall–Kier alpha value is -3.33. The number of hydrogen-bond donors (Lipinski definition) is 1. The molecule has 1 N–H and O–H groups in total. The number of carbonyl (C=O) groups is 2. The number of nitrogens with one attached hydrogen (secondary N) is 1. The van der Waals surface area contributed by atoms with Gasteiger partial charge in [-0.2, -0.15) is 5.26 Å². The predicted molar refractivity (Wildman–Crippen MR) is 93.2 cm³/mol. The summed E-state index contributed by atoms with van der Waals surface area (Å²) in [5.41, 5.74) is 1.68. The number of para-hydroxylation sites is 2. The smallest absolute Gasteiger partial charge is 0.229 e. The van der Waals surface area contributed by atoms with E-state index in [0.29, 0.717) is 29.2 Å². The lowest BCUT2D eigenvalue weighted by Gasteiger charge is -2.19. The fourth-order valence-electron chi connectivity index (χ4n) is 2.88. The highest BCUT2D eigenvalue weighted by molar-refractivity contribution is 6.04. The Morgan fingerprint density at radius 2 is 2.08 bits per heavy atom. The maximum absolute atomic E-state index is 12.5. The van der Waals surface area contributed by atoms with Crippen LogP contribution in [0.3, 0.4) is 0 Å². The number of nitrogens with zero attached hydrogens (tertiary/aromatic N) is 2. The number of hydrogen-bond acceptors (Lipinski definition) is 4. The third-order valence-electron chi connectivity index (χ3n) is 4.13. The minimum atomic E-state index is -0.455. The highest BCUT2D eigenvalue weighted by Gasteiger charge is 2.36. The maximum Gasteiger partial charge on any atom is 0.229 e. The van der Waals surface area contributed by atoms with Gasteiger partial charge in [0.2, 0.25) is 11.8 Å². The van der Waals surface area contributed by atoms with Crippen LogP contribution in [-0.4, -0.2) is 25.5 Å². The molecule has 25 heavy (non-hydrogen) atoms. The first-order chi connectivity index (χ1) is 12.1. The van der Waals surface area contributed by atoms with Gasteiger partial charge < -0.3 is 15.0 Å². The first-order valence-electron chi connectivity index (χ1n) is 7.87. The van der Waals surface area contributed by atoms with E-state index in [0.717, 1.165) is 0 Å². The Labute approximate surface area is 145 Å². The quantitative estimate of drug-likeness (QED) is 0.931. The first kappa shape index (κ1) is 16.5. The molecule has 1 saturated heterocycles. The lowest BCUT2D eigenvalue weighted by atomic mass is 10.1. The van der Waals surface area contributed by atoms with E-state index in [1.807, 2.05) is 18.2 Å². The minimum Gasteiger partial charge on any atom is -0.495 e. The van der Waals surface area contributed by atoms with Crippen LogP contribution >= 0.6 is 0 Å². The number of nitriles is 1. The normalized spacial score (nSPS) is 16.4. The van der Waals surface area contributed by atoms with Gasteiger partial charge in [-0.1, -0.05) is 18.2 Å². The van der Waals surface area contributed by atoms with Crippen molar-refractivity contribution in [1.82, 2.24) is 0 Å². The Morgan fingerprint density at radius 1 is 1.28 bits per heavy atom. The van der Waals surface area contributed by atoms with Crippen molar-refractivity contribution in [2.45, 2.75) is 6.42 Å². The van der Waals surface area contributed by atoms with Gasteiger partial charge >= 0.3 is 0 Å². The number of rotatable bonds is 4. The molecule has 1 atom stereocenters. The molecule has 1 fully saturated rings. The molecule has 126 valence electrons. The Bertz CT molecular complexity index is 857. The number of methoxy groups -OCH3 is 1. The molecule has 1 aliphatic rings. The molecule has 2 aromatic carbocycles. The summed E-state index contributed by atoms with van der Waals surface area (Å²) in [6.45, 7) is 0.295. The van der Waals surface area contributed by atoms with Gasteiger partial charge in [0.25, 0.3) is 0 Å². The van der Waals surface area contributed by atoms with Crippen LogP contribution in [0.25, 0.3) is 0 Å². The van der Waals surface area contributed by atoms with E-state index in [4.69, 9.17) is 10.00 Å². The number of amides is 2. The molecule has 2 aromatic rings. The Balaban J connectivity index is 1.73. The molecule has 1 heterocycles. The molecule has 0 spiro atoms. The molecule has 0 unspecified atom stereocenters. The largest absolute Gasteiger partial charge is 0.495 e. The molecule has 0 saturated carbocycles. The van der Waals surface area contributed by atoms with Crippen LogP contribution in [-0.2, 0) is 9.59 Å². The maximum atomic E-state index is 12.5. The molecule has 0 radical (unpaired) electrons. The summed E-state index contributed by atoms with van der Waals surface area (Å²) in [6.07, 6.45) is 0.141. The lowest BCUT2D eigenvalue weighted by Crippen LogP contribution is -2.28. The summed E-state index contributed by atoms with van der Waals surface area (Å²) in [5.74, 6) is -0.210. The lowest BCUT2D eigenvalue weighted by molar-refractivity contribution is -0.122. The predicted octanol–water partition coefficient (Wildman–Crippen LogP) is 2.56. The van der Waals surface area contributed by atoms with Crippen molar-refractivity contribution < 1.29 is 14.3 Å². The van der Waals surface area contributed by atoms with Gasteiger partial charge in [-0.05, 0) is 30.3 Å². The fourth-order valence-corrected chi connectivity index (χ4v) is 2.88. The van der Waals surface area contributed by atoms with Gasteiger partial charge in [-0.3, -0.25) is 9.59 Å². The summed E-state index contributed by atoms with van der Waals surface area (Å²) in [5, 5.41) is 11.7. The van der Waals surface area contributed by atoms with Gasteiger partial charge in [0.1, 0.15) is 5.75 Å². The number of benzene rings is 2. The van der Waals surface area contributed by atoms with E-state index in [2.05, 4.69) is 5.32 Å². The summed E-state index contributed by atoms with van der Waals surface area (Å²) in [7, 11) is 1.55. The Morgan fingerprint density at radius 3 is 2.84 bits per heavy atom. The molecule has 3 rings (SSSR count). The molecule has 0 bridgehead atoms. The molecule has 0 aliphatic carbocycles. The Kier molecular flexibility index (Phi) is 4.66. The summed E-state index contributed by atoms with van der Waals surface area (Å²) in [4.78, 5) is 26.4. The van der Waals surface area contributed by atoms with Gasteiger partial charge in [-0.15, -0.1) is 0 Å². The molecular formula is C19H17N3O3. The molecule has 6 heteroatoms. The van der Waals surface area contributed by atoms with E-state index < -0.39 is 5.92 Å². The van der Waals surface area contributed by atoms with E-state index in [9.17, 15) is 9.59 Å². The number of carbonyl (C=O) groups excluding carboxylic acids is 2. The van der Waals surface area contributed by atoms with Crippen molar-refractivity contribution in [3.05, 3.63) is 54.1 Å². The van der Waals surface area contributed by atoms with Crippen LogP contribution < -0.4 is 15.0 Å². The van der Waals surface area contributed by atoms with E-state index in [1.54, 1.807) is 48.4 Å². The monoisotopic (exact) mass is 335 g/mol. The second-order valence-electron chi connectivity index (χ2n) is 5.76. The standard InChI is InChI=1S/C19H17N3O3/c1-25-17-8-3-2-7-16(17)22-12-14(10-18(22)23)19(24)21-15-6-4-5-13(9-15)11-20/h2-9,14H,10,12H2,1H3,(H,21,24)/t14-/m1/s1. The molecule has 0 aromatic heterocycles. The van der Waals surface area contributed by atoms with Crippen LogP contribution in [0.1, 0.15) is 12.0 Å². The van der Waals surface area contributed by atoms with E-state index >= 15 is 0 Å². The zero-order valence-electron chi connectivity index (χ0n) is 13.7. The van der Waals surface area contributed by atoms with Crippen molar-refractivity contribution in [2.24, 2.45) is 5.92 Å². The molecular weight excluding hydrogens is 318 g/mol. The number of ether oxygens (including phenoxy) is 1. The highest BCUT2D eigenvalue weighted by atomic mass is 16.5. The first-order valence-corrected chi connectivity index (χ1v) is 7.87. The third-order valence-corrected chi connectivity index (χ3v) is 4.13. The highest BCUT2D eigenvalue weighted by Crippen LogP contribution is 2.33. The summed E-state index contributed by atoms with van der Waals surface area (Å²) < 4.78 is 5.30. The van der Waals surface area contributed by atoms with Crippen molar-refractivity contribution in [3.8, 4) is 11.8 Å². The topological polar surface area (TPSA) is 82.4 Å². The van der Waals surface area contributed by atoms with Gasteiger partial charge in [0, 0.05) is 18.7 Å². The van der Waals surface area contributed by atoms with Gasteiger partial charge in [-0.25, -0.2) is 0 Å². The van der Waals surface area contributed by atoms with Crippen molar-refractivity contribution in [2.75, 3.05) is 23.9 Å². The van der Waals surface area contributed by atoms with Crippen LogP contribution in [0.4, 0.5) is 11.4 Å². The molecule has 1 aliphatic heterocycles. The van der Waals surface area contributed by atoms with Crippen LogP contribution in [0.2, 0.25) is 0 Å². The number of anilines is 2. The third kappa shape index (κ3) is 3.45. The fraction of sp³-hybridized carbons (Fsp3) is 0.211. The summed E-state index contributed by atoms with van der Waals surface area (Å²) >= 11 is 0. The van der Waals surface area contributed by atoms with E-state index in [1.165, 1.54) is 0 Å². The second kappa shape index (κ2) is 7.05. The SMILES string of the molecule is COc1ccccc1N1C[C@H](C(=O)Nc2cccc(C#N)c2)CC1=O. The zero-order valence-corrected chi connectivity index (χ0v) is 13.7. The van der Waals surface area contributed by atoms with Crippen LogP contribution in [0.15, 0.2) is 48.5 Å². The molecule has 6 nitrogen and oxygen atoms in total. The van der Waals surface area contributed by atoms with Gasteiger partial charge in [0.15, 0.2) is 0 Å². The van der Waals surface area contributed by atoms with Crippen molar-refractivity contribution in [3.63, 3.8) is 0 Å². The van der Waals surface area contributed by atoms with Crippen molar-refractivity contribution >= 4 is 23.2 Å². The average molecular weight is 335 g/mol. The van der Waals surface area contributed by atoms with Crippen LogP contribution in [0.5, 0.6) is 5.75 Å². The van der Waals surface area contributed by atoms with E-state index in [-0.39, 0.29) is 18.2 Å². The average Bonchev–Trinajstić information content (AvgIpc) is 3.03. The minimum absolute atomic E-state index is 0.115. The summed E-state index contributed by atoms with van der Waals surface area (Å²) in [6, 6.07) is 16.0. The van der Waals surface area contributed by atoms with Crippen LogP contribution in [0, 0.1) is 17.2 Å². The zero-order chi connectivity index (χ0) is 17.8.